The maximum absolute atomic E-state index is 12.2. The van der Waals surface area contributed by atoms with Gasteiger partial charge in [0.15, 0.2) is 5.82 Å². The quantitative estimate of drug-likeness (QED) is 0.914. The lowest BCUT2D eigenvalue weighted by Crippen LogP contribution is -2.44. The summed E-state index contributed by atoms with van der Waals surface area (Å²) in [5.74, 6) is 1.44. The molecule has 1 N–H and O–H groups in total. The molecule has 1 fully saturated rings. The van der Waals surface area contributed by atoms with Gasteiger partial charge in [-0.2, -0.15) is 4.98 Å². The Kier molecular flexibility index (Phi) is 5.02. The normalized spacial score (nSPS) is 16.4. The van der Waals surface area contributed by atoms with Gasteiger partial charge in [-0.3, -0.25) is 9.69 Å². The minimum atomic E-state index is 0.00791. The number of rotatable bonds is 5. The fourth-order valence-electron chi connectivity index (χ4n) is 2.78. The Balaban J connectivity index is 1.46. The third kappa shape index (κ3) is 4.16. The zero-order chi connectivity index (χ0) is 16.1. The lowest BCUT2D eigenvalue weighted by molar-refractivity contribution is 0.0904. The van der Waals surface area contributed by atoms with Crippen LogP contribution in [0.3, 0.4) is 0 Å². The molecule has 0 radical (unpaired) electrons. The van der Waals surface area contributed by atoms with Gasteiger partial charge in [-0.05, 0) is 25.0 Å². The summed E-state index contributed by atoms with van der Waals surface area (Å²) in [5.41, 5.74) is 0.716. The molecular weight excluding hydrogens is 292 g/mol. The standard InChI is InChI=1S/C17H22N4O2/c1-2-15-19-16(23-20-15)12-21-10-8-14(9-11-21)18-17(22)13-6-4-3-5-7-13/h3-7,14H,2,8-12H2,1H3,(H,18,22). The first-order chi connectivity index (χ1) is 11.2. The second-order valence-electron chi connectivity index (χ2n) is 5.85. The van der Waals surface area contributed by atoms with Crippen molar-refractivity contribution in [2.45, 2.75) is 38.8 Å². The van der Waals surface area contributed by atoms with Crippen molar-refractivity contribution in [3.63, 3.8) is 0 Å². The summed E-state index contributed by atoms with van der Waals surface area (Å²) in [4.78, 5) is 18.8. The summed E-state index contributed by atoms with van der Waals surface area (Å²) < 4.78 is 5.23. The molecule has 3 rings (SSSR count). The van der Waals surface area contributed by atoms with Crippen molar-refractivity contribution in [2.24, 2.45) is 0 Å². The molecule has 0 bridgehead atoms. The SMILES string of the molecule is CCc1noc(CN2CCC(NC(=O)c3ccccc3)CC2)n1. The molecule has 1 amide bonds. The second kappa shape index (κ2) is 7.37. The zero-order valence-electron chi connectivity index (χ0n) is 13.4. The molecule has 0 spiro atoms. The summed E-state index contributed by atoms with van der Waals surface area (Å²) in [6, 6.07) is 9.58. The van der Waals surface area contributed by atoms with Gasteiger partial charge in [-0.25, -0.2) is 0 Å². The van der Waals surface area contributed by atoms with Crippen molar-refractivity contribution in [1.29, 1.82) is 0 Å². The first kappa shape index (κ1) is 15.7. The van der Waals surface area contributed by atoms with Crippen LogP contribution in [-0.2, 0) is 13.0 Å². The van der Waals surface area contributed by atoms with E-state index in [2.05, 4.69) is 20.4 Å². The van der Waals surface area contributed by atoms with E-state index < -0.39 is 0 Å². The van der Waals surface area contributed by atoms with Crippen molar-refractivity contribution in [1.82, 2.24) is 20.4 Å². The van der Waals surface area contributed by atoms with E-state index in [9.17, 15) is 4.79 Å². The molecule has 1 aliphatic rings. The zero-order valence-corrected chi connectivity index (χ0v) is 13.4. The van der Waals surface area contributed by atoms with E-state index in [4.69, 9.17) is 4.52 Å². The van der Waals surface area contributed by atoms with Crippen LogP contribution in [-0.4, -0.2) is 40.1 Å². The molecular formula is C17H22N4O2. The highest BCUT2D eigenvalue weighted by atomic mass is 16.5. The van der Waals surface area contributed by atoms with Gasteiger partial charge < -0.3 is 9.84 Å². The number of benzene rings is 1. The Hall–Kier alpha value is -2.21. The maximum Gasteiger partial charge on any atom is 0.251 e. The van der Waals surface area contributed by atoms with Crippen LogP contribution < -0.4 is 5.32 Å². The van der Waals surface area contributed by atoms with E-state index in [1.165, 1.54) is 0 Å². The van der Waals surface area contributed by atoms with Crippen LogP contribution in [0.5, 0.6) is 0 Å². The van der Waals surface area contributed by atoms with Gasteiger partial charge in [0.05, 0.1) is 6.54 Å². The number of aryl methyl sites for hydroxylation is 1. The van der Waals surface area contributed by atoms with Gasteiger partial charge >= 0.3 is 0 Å². The predicted octanol–water partition coefficient (Wildman–Crippen LogP) is 2.03. The highest BCUT2D eigenvalue weighted by Crippen LogP contribution is 2.14. The fourth-order valence-corrected chi connectivity index (χ4v) is 2.78. The number of piperidine rings is 1. The molecule has 6 nitrogen and oxygen atoms in total. The van der Waals surface area contributed by atoms with Crippen molar-refractivity contribution in [3.8, 4) is 0 Å². The van der Waals surface area contributed by atoms with E-state index in [0.717, 1.165) is 38.2 Å². The number of nitrogens with one attached hydrogen (secondary N) is 1. The van der Waals surface area contributed by atoms with Gasteiger partial charge in [0.1, 0.15) is 0 Å². The Labute approximate surface area is 135 Å². The Morgan fingerprint density at radius 1 is 1.30 bits per heavy atom. The molecule has 1 aliphatic heterocycles. The number of carbonyl (C=O) groups excluding carboxylic acids is 1. The molecule has 0 aliphatic carbocycles. The number of carbonyl (C=O) groups is 1. The summed E-state index contributed by atoms with van der Waals surface area (Å²) >= 11 is 0. The van der Waals surface area contributed by atoms with Crippen LogP contribution in [0.25, 0.3) is 0 Å². The summed E-state index contributed by atoms with van der Waals surface area (Å²) in [6.45, 7) is 4.54. The minimum Gasteiger partial charge on any atom is -0.349 e. The molecule has 1 saturated heterocycles. The fraction of sp³-hybridized carbons (Fsp3) is 0.471. The summed E-state index contributed by atoms with van der Waals surface area (Å²) in [5, 5.41) is 7.03. The van der Waals surface area contributed by atoms with Crippen molar-refractivity contribution >= 4 is 5.91 Å². The first-order valence-corrected chi connectivity index (χ1v) is 8.14. The average Bonchev–Trinajstić information content (AvgIpc) is 3.05. The van der Waals surface area contributed by atoms with E-state index >= 15 is 0 Å². The lowest BCUT2D eigenvalue weighted by Gasteiger charge is -2.31. The second-order valence-corrected chi connectivity index (χ2v) is 5.85. The van der Waals surface area contributed by atoms with Crippen LogP contribution >= 0.6 is 0 Å². The number of likely N-dealkylation sites (tertiary alicyclic amines) is 1. The highest BCUT2D eigenvalue weighted by Gasteiger charge is 2.22. The van der Waals surface area contributed by atoms with E-state index in [1.54, 1.807) is 0 Å². The molecule has 23 heavy (non-hydrogen) atoms. The van der Waals surface area contributed by atoms with Crippen molar-refractivity contribution in [3.05, 3.63) is 47.6 Å². The van der Waals surface area contributed by atoms with E-state index in [0.29, 0.717) is 18.0 Å². The Morgan fingerprint density at radius 3 is 2.70 bits per heavy atom. The maximum atomic E-state index is 12.2. The van der Waals surface area contributed by atoms with Gasteiger partial charge in [0, 0.05) is 31.1 Å². The third-order valence-corrected chi connectivity index (χ3v) is 4.14. The molecule has 0 unspecified atom stereocenters. The molecule has 1 aromatic carbocycles. The Bertz CT molecular complexity index is 633. The molecule has 2 aromatic rings. The summed E-state index contributed by atoms with van der Waals surface area (Å²) in [7, 11) is 0. The average molecular weight is 314 g/mol. The topological polar surface area (TPSA) is 71.3 Å². The molecule has 122 valence electrons. The number of nitrogens with zero attached hydrogens (tertiary/aromatic N) is 3. The molecule has 0 atom stereocenters. The van der Waals surface area contributed by atoms with Gasteiger partial charge in [0.25, 0.3) is 5.91 Å². The van der Waals surface area contributed by atoms with Gasteiger partial charge in [-0.1, -0.05) is 30.3 Å². The number of amides is 1. The lowest BCUT2D eigenvalue weighted by atomic mass is 10.0. The molecule has 1 aromatic heterocycles. The van der Waals surface area contributed by atoms with Crippen LogP contribution in [0.4, 0.5) is 0 Å². The largest absolute Gasteiger partial charge is 0.349 e. The molecule has 0 saturated carbocycles. The van der Waals surface area contributed by atoms with Crippen molar-refractivity contribution in [2.75, 3.05) is 13.1 Å². The minimum absolute atomic E-state index is 0.00791. The predicted molar refractivity (Wildman–Crippen MR) is 85.9 cm³/mol. The van der Waals surface area contributed by atoms with E-state index in [1.807, 2.05) is 37.3 Å². The van der Waals surface area contributed by atoms with Crippen LogP contribution in [0.2, 0.25) is 0 Å². The first-order valence-electron chi connectivity index (χ1n) is 8.14. The van der Waals surface area contributed by atoms with Gasteiger partial charge in [-0.15, -0.1) is 0 Å². The third-order valence-electron chi connectivity index (χ3n) is 4.14. The van der Waals surface area contributed by atoms with Crippen LogP contribution in [0.1, 0.15) is 41.8 Å². The monoisotopic (exact) mass is 314 g/mol. The van der Waals surface area contributed by atoms with Crippen LogP contribution in [0, 0.1) is 0 Å². The molecule has 6 heteroatoms. The number of hydrogen-bond acceptors (Lipinski definition) is 5. The number of hydrogen-bond donors (Lipinski definition) is 1. The van der Waals surface area contributed by atoms with E-state index in [-0.39, 0.29) is 11.9 Å². The van der Waals surface area contributed by atoms with Gasteiger partial charge in [0.2, 0.25) is 5.89 Å². The van der Waals surface area contributed by atoms with Crippen LogP contribution in [0.15, 0.2) is 34.9 Å². The smallest absolute Gasteiger partial charge is 0.251 e. The molecule has 2 heterocycles. The van der Waals surface area contributed by atoms with Crippen molar-refractivity contribution < 1.29 is 9.32 Å². The summed E-state index contributed by atoms with van der Waals surface area (Å²) in [6.07, 6.45) is 2.66. The highest BCUT2D eigenvalue weighted by molar-refractivity contribution is 5.94. The Morgan fingerprint density at radius 2 is 2.04 bits per heavy atom. The number of aromatic nitrogens is 2.